The number of hydrogen-bond donors (Lipinski definition) is 1. The van der Waals surface area contributed by atoms with Crippen LogP contribution >= 0.6 is 27.7 Å². The van der Waals surface area contributed by atoms with Crippen molar-refractivity contribution in [2.24, 2.45) is 0 Å². The smallest absolute Gasteiger partial charge is 0.262 e. The molecule has 1 saturated carbocycles. The average molecular weight is 410 g/mol. The van der Waals surface area contributed by atoms with Gasteiger partial charge in [0.25, 0.3) is 5.56 Å². The summed E-state index contributed by atoms with van der Waals surface area (Å²) in [5, 5.41) is 3.92. The van der Waals surface area contributed by atoms with Gasteiger partial charge in [0.05, 0.1) is 16.2 Å². The standard InChI is InChI=1S/C17H20BrN3O2S/c1-3-8-21-16(23)13-9-11(18)4-7-14(13)20-17(21)24-10(2)15(22)19-12-5-6-12/h4,7,9-10,12H,3,5-6,8H2,1-2H3,(H,19,22)/t10-/m0/s1. The molecule has 0 saturated heterocycles. The number of nitrogens with one attached hydrogen (secondary N) is 1. The van der Waals surface area contributed by atoms with Gasteiger partial charge in [-0.3, -0.25) is 14.2 Å². The van der Waals surface area contributed by atoms with Gasteiger partial charge in [0.15, 0.2) is 5.16 Å². The topological polar surface area (TPSA) is 64.0 Å². The van der Waals surface area contributed by atoms with E-state index in [4.69, 9.17) is 0 Å². The van der Waals surface area contributed by atoms with Gasteiger partial charge >= 0.3 is 0 Å². The lowest BCUT2D eigenvalue weighted by Gasteiger charge is -2.16. The number of nitrogens with zero attached hydrogens (tertiary/aromatic N) is 2. The van der Waals surface area contributed by atoms with Crippen molar-refractivity contribution in [3.63, 3.8) is 0 Å². The van der Waals surface area contributed by atoms with Crippen molar-refractivity contribution >= 4 is 44.5 Å². The molecule has 128 valence electrons. The normalized spacial score (nSPS) is 15.5. The van der Waals surface area contributed by atoms with Crippen LogP contribution in [0.15, 0.2) is 32.6 Å². The minimum atomic E-state index is -0.284. The Balaban J connectivity index is 1.95. The summed E-state index contributed by atoms with van der Waals surface area (Å²) in [5.41, 5.74) is 0.605. The number of benzene rings is 1. The molecule has 1 aliphatic carbocycles. The highest BCUT2D eigenvalue weighted by Crippen LogP contribution is 2.25. The fourth-order valence-electron chi connectivity index (χ4n) is 2.44. The summed E-state index contributed by atoms with van der Waals surface area (Å²) in [7, 11) is 0. The zero-order valence-corrected chi connectivity index (χ0v) is 16.1. The van der Waals surface area contributed by atoms with E-state index in [-0.39, 0.29) is 16.7 Å². The van der Waals surface area contributed by atoms with E-state index in [9.17, 15) is 9.59 Å². The lowest BCUT2D eigenvalue weighted by molar-refractivity contribution is -0.120. The molecule has 0 spiro atoms. The number of fused-ring (bicyclic) bond motifs is 1. The van der Waals surface area contributed by atoms with Crippen molar-refractivity contribution in [1.29, 1.82) is 0 Å². The van der Waals surface area contributed by atoms with Crippen LogP contribution in [0, 0.1) is 0 Å². The van der Waals surface area contributed by atoms with E-state index in [1.54, 1.807) is 10.6 Å². The Morgan fingerprint density at radius 3 is 2.92 bits per heavy atom. The second kappa shape index (κ2) is 7.27. The molecule has 0 aliphatic heterocycles. The van der Waals surface area contributed by atoms with Gasteiger partial charge in [-0.15, -0.1) is 0 Å². The third kappa shape index (κ3) is 3.83. The fraction of sp³-hybridized carbons (Fsp3) is 0.471. The maximum Gasteiger partial charge on any atom is 0.262 e. The molecule has 1 heterocycles. The molecule has 1 aromatic carbocycles. The predicted octanol–water partition coefficient (Wildman–Crippen LogP) is 3.33. The Morgan fingerprint density at radius 1 is 1.50 bits per heavy atom. The number of aromatic nitrogens is 2. The lowest BCUT2D eigenvalue weighted by atomic mass is 10.2. The molecule has 3 rings (SSSR count). The van der Waals surface area contributed by atoms with E-state index < -0.39 is 0 Å². The number of carbonyl (C=O) groups is 1. The zero-order chi connectivity index (χ0) is 17.3. The molecule has 1 fully saturated rings. The van der Waals surface area contributed by atoms with Gasteiger partial charge in [-0.25, -0.2) is 4.98 Å². The van der Waals surface area contributed by atoms with Gasteiger partial charge in [0.2, 0.25) is 5.91 Å². The van der Waals surface area contributed by atoms with Crippen molar-refractivity contribution in [2.45, 2.75) is 56.1 Å². The number of thioether (sulfide) groups is 1. The number of amides is 1. The fourth-order valence-corrected chi connectivity index (χ4v) is 3.75. The number of hydrogen-bond acceptors (Lipinski definition) is 4. The van der Waals surface area contributed by atoms with Crippen LogP contribution in [0.5, 0.6) is 0 Å². The second-order valence-electron chi connectivity index (χ2n) is 6.06. The maximum absolute atomic E-state index is 12.8. The summed E-state index contributed by atoms with van der Waals surface area (Å²) in [6, 6.07) is 5.83. The molecule has 5 nitrogen and oxygen atoms in total. The van der Waals surface area contributed by atoms with Gasteiger partial charge in [-0.2, -0.15) is 0 Å². The molecule has 7 heteroatoms. The third-order valence-corrected chi connectivity index (χ3v) is 5.49. The van der Waals surface area contributed by atoms with Crippen molar-refractivity contribution in [3.05, 3.63) is 33.0 Å². The third-order valence-electron chi connectivity index (χ3n) is 3.90. The van der Waals surface area contributed by atoms with Crippen LogP contribution in [-0.4, -0.2) is 26.8 Å². The zero-order valence-electron chi connectivity index (χ0n) is 13.7. The molecule has 1 aromatic heterocycles. The monoisotopic (exact) mass is 409 g/mol. The van der Waals surface area contributed by atoms with E-state index in [0.717, 1.165) is 23.7 Å². The van der Waals surface area contributed by atoms with Crippen LogP contribution in [0.25, 0.3) is 10.9 Å². The molecule has 1 aliphatic rings. The molecule has 1 amide bonds. The number of rotatable bonds is 6. The van der Waals surface area contributed by atoms with E-state index in [1.165, 1.54) is 11.8 Å². The quantitative estimate of drug-likeness (QED) is 0.586. The Morgan fingerprint density at radius 2 is 2.25 bits per heavy atom. The first kappa shape index (κ1) is 17.5. The summed E-state index contributed by atoms with van der Waals surface area (Å²) in [5.74, 6) is 0.00991. The highest BCUT2D eigenvalue weighted by Gasteiger charge is 2.27. The summed E-state index contributed by atoms with van der Waals surface area (Å²) in [4.78, 5) is 29.7. The van der Waals surface area contributed by atoms with E-state index >= 15 is 0 Å². The van der Waals surface area contributed by atoms with Crippen LogP contribution in [0.3, 0.4) is 0 Å². The SMILES string of the molecule is CCCn1c(S[C@@H](C)C(=O)NC2CC2)nc2ccc(Br)cc2c1=O. The Kier molecular flexibility index (Phi) is 5.30. The predicted molar refractivity (Wildman–Crippen MR) is 100 cm³/mol. The Bertz CT molecular complexity index is 832. The van der Waals surface area contributed by atoms with Gasteiger partial charge < -0.3 is 5.32 Å². The van der Waals surface area contributed by atoms with Crippen molar-refractivity contribution in [3.8, 4) is 0 Å². The molecule has 0 bridgehead atoms. The van der Waals surface area contributed by atoms with Gasteiger partial charge in [-0.05, 0) is 44.4 Å². The highest BCUT2D eigenvalue weighted by atomic mass is 79.9. The second-order valence-corrected chi connectivity index (χ2v) is 8.28. The number of carbonyl (C=O) groups excluding carboxylic acids is 1. The molecule has 0 radical (unpaired) electrons. The summed E-state index contributed by atoms with van der Waals surface area (Å²) >= 11 is 4.75. The molecular formula is C17H20BrN3O2S. The van der Waals surface area contributed by atoms with Crippen LogP contribution in [0.2, 0.25) is 0 Å². The molecule has 1 atom stereocenters. The van der Waals surface area contributed by atoms with Crippen LogP contribution in [0.4, 0.5) is 0 Å². The lowest BCUT2D eigenvalue weighted by Crippen LogP contribution is -2.33. The summed E-state index contributed by atoms with van der Waals surface area (Å²) < 4.78 is 2.54. The Hall–Kier alpha value is -1.34. The van der Waals surface area contributed by atoms with Crippen LogP contribution in [0.1, 0.15) is 33.1 Å². The molecule has 0 unspecified atom stereocenters. The van der Waals surface area contributed by atoms with Gasteiger partial charge in [-0.1, -0.05) is 34.6 Å². The first-order valence-corrected chi connectivity index (χ1v) is 9.84. The number of halogens is 1. The minimum Gasteiger partial charge on any atom is -0.352 e. The van der Waals surface area contributed by atoms with E-state index in [0.29, 0.717) is 28.6 Å². The van der Waals surface area contributed by atoms with Gasteiger partial charge in [0, 0.05) is 17.1 Å². The maximum atomic E-state index is 12.8. The van der Waals surface area contributed by atoms with E-state index in [2.05, 4.69) is 26.2 Å². The van der Waals surface area contributed by atoms with E-state index in [1.807, 2.05) is 26.0 Å². The summed E-state index contributed by atoms with van der Waals surface area (Å²) in [6.45, 7) is 4.47. The highest BCUT2D eigenvalue weighted by molar-refractivity contribution is 9.10. The van der Waals surface area contributed by atoms with Crippen LogP contribution < -0.4 is 10.9 Å². The molecule has 24 heavy (non-hydrogen) atoms. The van der Waals surface area contributed by atoms with Crippen molar-refractivity contribution in [2.75, 3.05) is 0 Å². The molecular weight excluding hydrogens is 390 g/mol. The van der Waals surface area contributed by atoms with Crippen molar-refractivity contribution < 1.29 is 4.79 Å². The average Bonchev–Trinajstić information content (AvgIpc) is 3.35. The molecule has 2 aromatic rings. The molecule has 1 N–H and O–H groups in total. The first-order valence-electron chi connectivity index (χ1n) is 8.16. The largest absolute Gasteiger partial charge is 0.352 e. The van der Waals surface area contributed by atoms with Gasteiger partial charge in [0.1, 0.15) is 0 Å². The minimum absolute atomic E-state index is 0.00991. The summed E-state index contributed by atoms with van der Waals surface area (Å²) in [6.07, 6.45) is 2.96. The van der Waals surface area contributed by atoms with Crippen molar-refractivity contribution in [1.82, 2.24) is 14.9 Å². The van der Waals surface area contributed by atoms with Crippen LogP contribution in [-0.2, 0) is 11.3 Å². The Labute approximate surface area is 153 Å². The first-order chi connectivity index (χ1) is 11.5.